The Morgan fingerprint density at radius 2 is 1.71 bits per heavy atom. The van der Waals surface area contributed by atoms with Gasteiger partial charge in [0, 0.05) is 12.5 Å². The molecule has 1 fully saturated rings. The van der Waals surface area contributed by atoms with Crippen LogP contribution in [0.15, 0.2) is 48.5 Å². The summed E-state index contributed by atoms with van der Waals surface area (Å²) in [6.45, 7) is 5.82. The summed E-state index contributed by atoms with van der Waals surface area (Å²) in [6.07, 6.45) is -0.260. The maximum absolute atomic E-state index is 13.3. The Morgan fingerprint density at radius 3 is 2.29 bits per heavy atom. The predicted octanol–water partition coefficient (Wildman–Crippen LogP) is 3.64. The summed E-state index contributed by atoms with van der Waals surface area (Å²) < 4.78 is 11.0. The number of carbonyl (C=O) groups excluding carboxylic acids is 2. The number of hydrogen-bond acceptors (Lipinski definition) is 5. The Balaban J connectivity index is 1.43. The van der Waals surface area contributed by atoms with Crippen LogP contribution in [0.5, 0.6) is 0 Å². The highest BCUT2D eigenvalue weighted by Crippen LogP contribution is 2.44. The number of nitrogens with one attached hydrogen (secondary N) is 1. The molecule has 0 saturated carbocycles. The van der Waals surface area contributed by atoms with Crippen molar-refractivity contribution in [1.29, 1.82) is 0 Å². The molecule has 1 aliphatic heterocycles. The maximum Gasteiger partial charge on any atom is 0.407 e. The van der Waals surface area contributed by atoms with E-state index in [0.29, 0.717) is 6.42 Å². The van der Waals surface area contributed by atoms with Crippen molar-refractivity contribution in [1.82, 2.24) is 10.2 Å². The Kier molecular flexibility index (Phi) is 7.12. The standard InChI is InChI=1S/C27H32N2O6/c1-17(2)14-23(24(30)29-12-13-35-27(3,16-29)25(31)32)28-26(33)34-15-22-20-10-6-4-8-18(20)19-9-5-7-11-21(19)22/h4-11,17,22-23H,12-16H2,1-3H3,(H,28,33)(H,31,32)/t23-,27?/m0/s1. The molecule has 1 heterocycles. The van der Waals surface area contributed by atoms with Gasteiger partial charge in [0.1, 0.15) is 12.6 Å². The molecule has 4 rings (SSSR count). The van der Waals surface area contributed by atoms with Gasteiger partial charge in [-0.2, -0.15) is 0 Å². The van der Waals surface area contributed by atoms with Gasteiger partial charge < -0.3 is 24.8 Å². The number of amides is 2. The predicted molar refractivity (Wildman–Crippen MR) is 130 cm³/mol. The third-order valence-electron chi connectivity index (χ3n) is 6.68. The van der Waals surface area contributed by atoms with Crippen molar-refractivity contribution in [2.24, 2.45) is 5.92 Å². The van der Waals surface area contributed by atoms with Gasteiger partial charge in [-0.25, -0.2) is 9.59 Å². The van der Waals surface area contributed by atoms with E-state index in [-0.39, 0.29) is 44.0 Å². The molecule has 1 aliphatic carbocycles. The summed E-state index contributed by atoms with van der Waals surface area (Å²) in [7, 11) is 0. The van der Waals surface area contributed by atoms with Crippen LogP contribution in [0.2, 0.25) is 0 Å². The fourth-order valence-corrected chi connectivity index (χ4v) is 4.88. The van der Waals surface area contributed by atoms with Gasteiger partial charge >= 0.3 is 12.1 Å². The summed E-state index contributed by atoms with van der Waals surface area (Å²) in [5.41, 5.74) is 3.02. The number of carbonyl (C=O) groups is 3. The van der Waals surface area contributed by atoms with Crippen molar-refractivity contribution in [3.05, 3.63) is 59.7 Å². The highest BCUT2D eigenvalue weighted by molar-refractivity contribution is 5.87. The number of morpholine rings is 1. The first-order valence-electron chi connectivity index (χ1n) is 12.0. The molecule has 2 aliphatic rings. The normalized spacial score (nSPS) is 20.2. The van der Waals surface area contributed by atoms with Crippen LogP contribution in [0.1, 0.15) is 44.2 Å². The summed E-state index contributed by atoms with van der Waals surface area (Å²) in [4.78, 5) is 39.1. The topological polar surface area (TPSA) is 105 Å². The monoisotopic (exact) mass is 480 g/mol. The van der Waals surface area contributed by atoms with Gasteiger partial charge in [-0.3, -0.25) is 4.79 Å². The van der Waals surface area contributed by atoms with Crippen LogP contribution in [0.25, 0.3) is 11.1 Å². The number of rotatable bonds is 7. The number of nitrogens with zero attached hydrogens (tertiary/aromatic N) is 1. The number of alkyl carbamates (subject to hydrolysis) is 1. The first-order chi connectivity index (χ1) is 16.7. The zero-order valence-corrected chi connectivity index (χ0v) is 20.3. The molecule has 1 saturated heterocycles. The number of benzene rings is 2. The molecule has 0 spiro atoms. The SMILES string of the molecule is CC(C)C[C@H](NC(=O)OCC1c2ccccc2-c2ccccc21)C(=O)N1CCOC(C)(C(=O)O)C1. The third kappa shape index (κ3) is 5.17. The number of fused-ring (bicyclic) bond motifs is 3. The average Bonchev–Trinajstić information content (AvgIpc) is 3.15. The molecule has 2 aromatic rings. The number of aliphatic carboxylic acids is 1. The van der Waals surface area contributed by atoms with Crippen LogP contribution in [0.4, 0.5) is 4.79 Å². The third-order valence-corrected chi connectivity index (χ3v) is 6.68. The largest absolute Gasteiger partial charge is 0.479 e. The molecule has 0 aromatic heterocycles. The number of ether oxygens (including phenoxy) is 2. The quantitative estimate of drug-likeness (QED) is 0.627. The molecule has 2 atom stereocenters. The van der Waals surface area contributed by atoms with E-state index in [1.807, 2.05) is 50.2 Å². The van der Waals surface area contributed by atoms with Gasteiger partial charge in [0.05, 0.1) is 13.2 Å². The summed E-state index contributed by atoms with van der Waals surface area (Å²) in [6, 6.07) is 15.3. The molecule has 35 heavy (non-hydrogen) atoms. The Hall–Kier alpha value is -3.39. The maximum atomic E-state index is 13.3. The van der Waals surface area contributed by atoms with Crippen molar-refractivity contribution in [3.63, 3.8) is 0 Å². The van der Waals surface area contributed by atoms with Crippen LogP contribution in [0.3, 0.4) is 0 Å². The zero-order chi connectivity index (χ0) is 25.2. The molecule has 2 amide bonds. The van der Waals surface area contributed by atoms with E-state index in [0.717, 1.165) is 22.3 Å². The van der Waals surface area contributed by atoms with E-state index in [2.05, 4.69) is 17.4 Å². The lowest BCUT2D eigenvalue weighted by molar-refractivity contribution is -0.177. The van der Waals surface area contributed by atoms with E-state index in [9.17, 15) is 19.5 Å². The highest BCUT2D eigenvalue weighted by atomic mass is 16.5. The van der Waals surface area contributed by atoms with Crippen molar-refractivity contribution in [3.8, 4) is 11.1 Å². The van der Waals surface area contributed by atoms with Gasteiger partial charge in [-0.15, -0.1) is 0 Å². The van der Waals surface area contributed by atoms with Crippen LogP contribution >= 0.6 is 0 Å². The van der Waals surface area contributed by atoms with Crippen molar-refractivity contribution in [2.45, 2.75) is 44.8 Å². The summed E-state index contributed by atoms with van der Waals surface area (Å²) >= 11 is 0. The minimum atomic E-state index is -1.47. The van der Waals surface area contributed by atoms with E-state index < -0.39 is 23.7 Å². The molecule has 2 aromatic carbocycles. The lowest BCUT2D eigenvalue weighted by Gasteiger charge is -2.39. The number of hydrogen-bond donors (Lipinski definition) is 2. The molecular weight excluding hydrogens is 448 g/mol. The highest BCUT2D eigenvalue weighted by Gasteiger charge is 2.42. The lowest BCUT2D eigenvalue weighted by atomic mass is 9.98. The average molecular weight is 481 g/mol. The smallest absolute Gasteiger partial charge is 0.407 e. The van der Waals surface area contributed by atoms with E-state index in [1.54, 1.807) is 0 Å². The minimum Gasteiger partial charge on any atom is -0.479 e. The zero-order valence-electron chi connectivity index (χ0n) is 20.3. The van der Waals surface area contributed by atoms with Gasteiger partial charge in [0.25, 0.3) is 0 Å². The van der Waals surface area contributed by atoms with Crippen LogP contribution in [-0.4, -0.2) is 65.9 Å². The second-order valence-electron chi connectivity index (χ2n) is 9.80. The molecule has 186 valence electrons. The minimum absolute atomic E-state index is 0.0806. The summed E-state index contributed by atoms with van der Waals surface area (Å²) in [5, 5.41) is 12.2. The molecule has 0 radical (unpaired) electrons. The summed E-state index contributed by atoms with van der Waals surface area (Å²) in [5.74, 6) is -1.41. The molecule has 8 nitrogen and oxygen atoms in total. The van der Waals surface area contributed by atoms with E-state index >= 15 is 0 Å². The second kappa shape index (κ2) is 10.1. The van der Waals surface area contributed by atoms with E-state index in [4.69, 9.17) is 9.47 Å². The first-order valence-corrected chi connectivity index (χ1v) is 12.0. The lowest BCUT2D eigenvalue weighted by Crippen LogP contribution is -2.59. The molecule has 0 bridgehead atoms. The Morgan fingerprint density at radius 1 is 1.11 bits per heavy atom. The van der Waals surface area contributed by atoms with Crippen LogP contribution in [-0.2, 0) is 19.1 Å². The van der Waals surface area contributed by atoms with Gasteiger partial charge in [0.2, 0.25) is 5.91 Å². The number of carboxylic acids is 1. The van der Waals surface area contributed by atoms with Crippen molar-refractivity contribution < 1.29 is 29.0 Å². The van der Waals surface area contributed by atoms with Crippen LogP contribution < -0.4 is 5.32 Å². The van der Waals surface area contributed by atoms with Crippen LogP contribution in [0, 0.1) is 5.92 Å². The Labute approximate surface area is 205 Å². The second-order valence-corrected chi connectivity index (χ2v) is 9.80. The van der Waals surface area contributed by atoms with Gasteiger partial charge in [0.15, 0.2) is 5.60 Å². The van der Waals surface area contributed by atoms with Gasteiger partial charge in [-0.05, 0) is 41.5 Å². The molecule has 8 heteroatoms. The molecule has 1 unspecified atom stereocenters. The Bertz CT molecular complexity index is 1070. The first kappa shape index (κ1) is 24.7. The fourth-order valence-electron chi connectivity index (χ4n) is 4.88. The molecular formula is C27H32N2O6. The van der Waals surface area contributed by atoms with Gasteiger partial charge in [-0.1, -0.05) is 62.4 Å². The number of carboxylic acid groups (broad SMARTS) is 1. The van der Waals surface area contributed by atoms with Crippen molar-refractivity contribution in [2.75, 3.05) is 26.3 Å². The van der Waals surface area contributed by atoms with E-state index in [1.165, 1.54) is 11.8 Å². The fraction of sp³-hybridized carbons (Fsp3) is 0.444. The van der Waals surface area contributed by atoms with Crippen molar-refractivity contribution >= 4 is 18.0 Å². The molecule has 2 N–H and O–H groups in total.